The average Bonchev–Trinajstić information content (AvgIpc) is 3.67. The summed E-state index contributed by atoms with van der Waals surface area (Å²) in [5, 5.41) is 2.52. The van der Waals surface area contributed by atoms with Gasteiger partial charge in [-0.15, -0.1) is 11.3 Å². The summed E-state index contributed by atoms with van der Waals surface area (Å²) >= 11 is 1.84. The molecule has 59 heavy (non-hydrogen) atoms. The lowest BCUT2D eigenvalue weighted by Crippen LogP contribution is -2.18. The molecule has 0 aliphatic heterocycles. The number of fused-ring (bicyclic) bond motifs is 3. The van der Waals surface area contributed by atoms with E-state index >= 15 is 0 Å². The van der Waals surface area contributed by atoms with E-state index in [9.17, 15) is 0 Å². The molecule has 1 heterocycles. The highest BCUT2D eigenvalue weighted by atomic mass is 32.1. The predicted octanol–water partition coefficient (Wildman–Crippen LogP) is 16.4. The molecule has 0 bridgehead atoms. The minimum absolute atomic E-state index is 1.02. The fraction of sp³-hybridized carbons (Fsp3) is 0.0182. The smallest absolute Gasteiger partial charge is 0.0503 e. The largest absolute Gasteiger partial charge is 0.314 e. The van der Waals surface area contributed by atoms with Gasteiger partial charge in [-0.05, 0) is 115 Å². The van der Waals surface area contributed by atoms with Crippen molar-refractivity contribution in [3.8, 4) is 11.1 Å². The van der Waals surface area contributed by atoms with Crippen LogP contribution in [0.25, 0.3) is 31.3 Å². The van der Waals surface area contributed by atoms with Crippen LogP contribution in [0.15, 0.2) is 243 Å². The van der Waals surface area contributed by atoms with Crippen molar-refractivity contribution in [2.75, 3.05) is 14.7 Å². The molecule has 4 heteroatoms. The summed E-state index contributed by atoms with van der Waals surface area (Å²) in [5.41, 5.74) is 11.8. The van der Waals surface area contributed by atoms with Gasteiger partial charge in [0, 0.05) is 60.0 Å². The Morgan fingerprint density at radius 1 is 0.407 bits per heavy atom. The third-order valence-electron chi connectivity index (χ3n) is 10.5. The Balaban J connectivity index is 1.32. The first-order valence-electron chi connectivity index (χ1n) is 19.9. The number of rotatable bonds is 12. The molecule has 0 N–H and O–H groups in total. The summed E-state index contributed by atoms with van der Waals surface area (Å²) < 4.78 is 2.56. The van der Waals surface area contributed by atoms with E-state index in [0.717, 1.165) is 51.2 Å². The molecule has 0 unspecified atom stereocenters. The first kappa shape index (κ1) is 37.2. The first-order valence-corrected chi connectivity index (χ1v) is 20.7. The molecule has 0 spiro atoms. The van der Waals surface area contributed by atoms with E-state index in [1.165, 1.54) is 31.3 Å². The lowest BCUT2D eigenvalue weighted by molar-refractivity contribution is 1.15. The molecule has 8 aromatic carbocycles. The van der Waals surface area contributed by atoms with Gasteiger partial charge in [0.2, 0.25) is 0 Å². The molecule has 0 radical (unpaired) electrons. The van der Waals surface area contributed by atoms with Gasteiger partial charge >= 0.3 is 0 Å². The molecule has 0 aliphatic carbocycles. The van der Waals surface area contributed by atoms with Gasteiger partial charge in [-0.3, -0.25) is 0 Å². The number of nitrogens with zero attached hydrogens (tertiary/aromatic N) is 3. The van der Waals surface area contributed by atoms with Crippen molar-refractivity contribution < 1.29 is 0 Å². The van der Waals surface area contributed by atoms with Crippen LogP contribution >= 0.6 is 11.3 Å². The Kier molecular flexibility index (Phi) is 10.7. The topological polar surface area (TPSA) is 9.72 Å². The van der Waals surface area contributed by atoms with Gasteiger partial charge in [-0.1, -0.05) is 140 Å². The molecule has 0 atom stereocenters. The molecule has 3 nitrogen and oxygen atoms in total. The summed E-state index contributed by atoms with van der Waals surface area (Å²) in [7, 11) is 0. The number of hydrogen-bond acceptors (Lipinski definition) is 4. The highest BCUT2D eigenvalue weighted by Crippen LogP contribution is 2.46. The predicted molar refractivity (Wildman–Crippen MR) is 256 cm³/mol. The van der Waals surface area contributed by atoms with Gasteiger partial charge in [0.1, 0.15) is 0 Å². The summed E-state index contributed by atoms with van der Waals surface area (Å²) in [4.78, 5) is 7.08. The van der Waals surface area contributed by atoms with Crippen LogP contribution in [0.5, 0.6) is 0 Å². The molecule has 0 aliphatic rings. The number of anilines is 8. The fourth-order valence-corrected chi connectivity index (χ4v) is 8.87. The van der Waals surface area contributed by atoms with Crippen molar-refractivity contribution in [3.63, 3.8) is 0 Å². The molecular weight excluding hydrogens is 735 g/mol. The van der Waals surface area contributed by atoms with E-state index in [1.807, 2.05) is 23.5 Å². The van der Waals surface area contributed by atoms with E-state index < -0.39 is 0 Å². The maximum Gasteiger partial charge on any atom is 0.0503 e. The number of allylic oxidation sites excluding steroid dienone is 5. The second-order valence-electron chi connectivity index (χ2n) is 14.3. The molecule has 9 aromatic rings. The zero-order chi connectivity index (χ0) is 40.0. The van der Waals surface area contributed by atoms with Crippen LogP contribution in [-0.4, -0.2) is 0 Å². The van der Waals surface area contributed by atoms with Crippen LogP contribution in [0.4, 0.5) is 45.5 Å². The van der Waals surface area contributed by atoms with Crippen LogP contribution in [0.2, 0.25) is 0 Å². The minimum Gasteiger partial charge on any atom is -0.314 e. The molecule has 284 valence electrons. The highest BCUT2D eigenvalue weighted by molar-refractivity contribution is 7.25. The van der Waals surface area contributed by atoms with E-state index in [1.54, 1.807) is 6.08 Å². The van der Waals surface area contributed by atoms with Crippen LogP contribution in [0.1, 0.15) is 6.92 Å². The zero-order valence-corrected chi connectivity index (χ0v) is 33.7. The number of para-hydroxylation sites is 3. The molecule has 1 aromatic heterocycles. The fourth-order valence-electron chi connectivity index (χ4n) is 7.78. The summed E-state index contributed by atoms with van der Waals surface area (Å²) in [6.45, 7) is 6.07. The third kappa shape index (κ3) is 7.82. The second kappa shape index (κ2) is 17.0. The quantitative estimate of drug-likeness (QED) is 0.114. The van der Waals surface area contributed by atoms with Gasteiger partial charge in [-0.2, -0.15) is 0 Å². The maximum atomic E-state index is 3.91. The molecule has 9 rings (SSSR count). The monoisotopic (exact) mass is 777 g/mol. The SMILES string of the molecule is C=C/C=C\C=C(/C)N(c1ccccc1)c1cc(N(c2ccccc2)c2ccccc2)cc(N(c2ccc(-c3ccccc3)cc2)c2ccc3sc4ccccc4c3c2)c1. The van der Waals surface area contributed by atoms with Crippen molar-refractivity contribution in [3.05, 3.63) is 243 Å². The summed E-state index contributed by atoms with van der Waals surface area (Å²) in [5.74, 6) is 0. The van der Waals surface area contributed by atoms with E-state index in [-0.39, 0.29) is 0 Å². The minimum atomic E-state index is 1.02. The average molecular weight is 778 g/mol. The van der Waals surface area contributed by atoms with Crippen molar-refractivity contribution >= 4 is 77.0 Å². The summed E-state index contributed by atoms with van der Waals surface area (Å²) in [6.07, 6.45) is 7.96. The van der Waals surface area contributed by atoms with Crippen molar-refractivity contribution in [2.45, 2.75) is 6.92 Å². The highest BCUT2D eigenvalue weighted by Gasteiger charge is 2.22. The first-order chi connectivity index (χ1) is 29.1. The Labute approximate surface area is 351 Å². The third-order valence-corrected chi connectivity index (χ3v) is 11.6. The van der Waals surface area contributed by atoms with Crippen molar-refractivity contribution in [1.29, 1.82) is 0 Å². The van der Waals surface area contributed by atoms with E-state index in [4.69, 9.17) is 0 Å². The van der Waals surface area contributed by atoms with Gasteiger partial charge in [0.05, 0.1) is 11.4 Å². The Hall–Kier alpha value is -7.40. The molecule has 0 fully saturated rings. The maximum absolute atomic E-state index is 3.91. The lowest BCUT2D eigenvalue weighted by atomic mass is 10.0. The standard InChI is InChI=1S/C55H43N3S/c1-3-4-9-20-41(2)56(44-23-12-6-13-24-44)49-37-50(57(45-25-14-7-15-26-45)46-27-16-8-17-28-46)39-51(38-49)58(47-33-31-43(32-34-47)42-21-10-5-11-22-42)48-35-36-55-53(40-48)52-29-18-19-30-54(52)59-55/h3-40H,1H2,2H3/b9-4-,41-20+. The van der Waals surface area contributed by atoms with Crippen LogP contribution in [-0.2, 0) is 0 Å². The number of benzene rings is 8. The van der Waals surface area contributed by atoms with E-state index in [2.05, 4.69) is 241 Å². The number of hydrogen-bond donors (Lipinski definition) is 0. The molecular formula is C55H43N3S. The Morgan fingerprint density at radius 3 is 1.51 bits per heavy atom. The van der Waals surface area contributed by atoms with Crippen LogP contribution < -0.4 is 14.7 Å². The lowest BCUT2D eigenvalue weighted by Gasteiger charge is -2.33. The Morgan fingerprint density at radius 2 is 0.881 bits per heavy atom. The second-order valence-corrected chi connectivity index (χ2v) is 15.4. The summed E-state index contributed by atoms with van der Waals surface area (Å²) in [6, 6.07) is 74.0. The van der Waals surface area contributed by atoms with Crippen LogP contribution in [0.3, 0.4) is 0 Å². The van der Waals surface area contributed by atoms with E-state index in [0.29, 0.717) is 0 Å². The molecule has 0 saturated heterocycles. The normalized spacial score (nSPS) is 11.6. The van der Waals surface area contributed by atoms with Crippen molar-refractivity contribution in [2.24, 2.45) is 0 Å². The van der Waals surface area contributed by atoms with Crippen LogP contribution in [0, 0.1) is 0 Å². The molecule has 0 amide bonds. The van der Waals surface area contributed by atoms with Gasteiger partial charge in [0.15, 0.2) is 0 Å². The zero-order valence-electron chi connectivity index (χ0n) is 32.9. The van der Waals surface area contributed by atoms with Crippen molar-refractivity contribution in [1.82, 2.24) is 0 Å². The molecule has 0 saturated carbocycles. The number of thiophene rings is 1. The Bertz CT molecular complexity index is 2860. The van der Waals surface area contributed by atoms with Gasteiger partial charge in [-0.25, -0.2) is 0 Å². The van der Waals surface area contributed by atoms with Gasteiger partial charge in [0.25, 0.3) is 0 Å². The van der Waals surface area contributed by atoms with Gasteiger partial charge < -0.3 is 14.7 Å².